The van der Waals surface area contributed by atoms with Crippen molar-refractivity contribution in [3.63, 3.8) is 0 Å². The molecule has 1 aliphatic heterocycles. The van der Waals surface area contributed by atoms with Crippen LogP contribution in [-0.2, 0) is 4.74 Å². The van der Waals surface area contributed by atoms with E-state index in [1.54, 1.807) is 18.9 Å². The first kappa shape index (κ1) is 5.95. The van der Waals surface area contributed by atoms with E-state index in [0.29, 0.717) is 6.04 Å². The summed E-state index contributed by atoms with van der Waals surface area (Å²) in [7, 11) is 1.66. The van der Waals surface area contributed by atoms with Gasteiger partial charge in [-0.25, -0.2) is 4.99 Å². The second kappa shape index (κ2) is 2.40. The fraction of sp³-hybridized carbons (Fsp3) is 0.800. The van der Waals surface area contributed by atoms with Crippen molar-refractivity contribution < 1.29 is 4.74 Å². The van der Waals surface area contributed by atoms with Gasteiger partial charge in [0.15, 0.2) is 0 Å². The third kappa shape index (κ3) is 1.15. The molecule has 46 valence electrons. The van der Waals surface area contributed by atoms with Crippen LogP contribution in [0.5, 0.6) is 0 Å². The Morgan fingerprint density at radius 3 is 2.88 bits per heavy atom. The third-order valence-electron chi connectivity index (χ3n) is 0.948. The van der Waals surface area contributed by atoms with Gasteiger partial charge in [-0.1, -0.05) is 11.8 Å². The molecule has 0 saturated carbocycles. The summed E-state index contributed by atoms with van der Waals surface area (Å²) in [5, 5.41) is 0.831. The average molecular weight is 131 g/mol. The molecular formula is C5H9NOS. The smallest absolute Gasteiger partial charge is 0.245 e. The number of aliphatic imine (C=N–C) groups is 1. The van der Waals surface area contributed by atoms with Crippen molar-refractivity contribution in [2.45, 2.75) is 13.0 Å². The summed E-state index contributed by atoms with van der Waals surface area (Å²) in [6.45, 7) is 2.08. The van der Waals surface area contributed by atoms with Gasteiger partial charge in [-0.15, -0.1) is 0 Å². The van der Waals surface area contributed by atoms with Crippen molar-refractivity contribution in [2.75, 3.05) is 12.9 Å². The number of nitrogens with zero attached hydrogens (tertiary/aromatic N) is 1. The van der Waals surface area contributed by atoms with Crippen molar-refractivity contribution >= 4 is 17.0 Å². The van der Waals surface area contributed by atoms with Gasteiger partial charge in [0, 0.05) is 5.75 Å². The monoisotopic (exact) mass is 131 g/mol. The maximum absolute atomic E-state index is 4.89. The Kier molecular flexibility index (Phi) is 1.78. The third-order valence-corrected chi connectivity index (χ3v) is 2.12. The molecule has 0 spiro atoms. The molecule has 1 rings (SSSR count). The maximum atomic E-state index is 4.89. The molecular weight excluding hydrogens is 122 g/mol. The van der Waals surface area contributed by atoms with Crippen molar-refractivity contribution in [1.82, 2.24) is 0 Å². The minimum atomic E-state index is 0.454. The zero-order valence-electron chi connectivity index (χ0n) is 5.05. The zero-order chi connectivity index (χ0) is 5.98. The van der Waals surface area contributed by atoms with Crippen LogP contribution in [0.15, 0.2) is 4.99 Å². The SMILES string of the molecule is COC1=NC(C)CS1. The van der Waals surface area contributed by atoms with Gasteiger partial charge in [0.25, 0.3) is 0 Å². The Labute approximate surface area is 53.3 Å². The van der Waals surface area contributed by atoms with Crippen molar-refractivity contribution in [3.05, 3.63) is 0 Å². The Hall–Kier alpha value is -0.180. The molecule has 3 heteroatoms. The van der Waals surface area contributed by atoms with E-state index in [1.807, 2.05) is 0 Å². The molecule has 0 aliphatic carbocycles. The van der Waals surface area contributed by atoms with Gasteiger partial charge in [-0.05, 0) is 6.92 Å². The molecule has 0 radical (unpaired) electrons. The van der Waals surface area contributed by atoms with Crippen LogP contribution in [0.1, 0.15) is 6.92 Å². The van der Waals surface area contributed by atoms with E-state index in [0.717, 1.165) is 11.0 Å². The number of hydrogen-bond acceptors (Lipinski definition) is 3. The van der Waals surface area contributed by atoms with Gasteiger partial charge < -0.3 is 4.74 Å². The van der Waals surface area contributed by atoms with E-state index < -0.39 is 0 Å². The van der Waals surface area contributed by atoms with E-state index >= 15 is 0 Å². The number of thioether (sulfide) groups is 1. The van der Waals surface area contributed by atoms with E-state index in [2.05, 4.69) is 11.9 Å². The van der Waals surface area contributed by atoms with Gasteiger partial charge >= 0.3 is 0 Å². The molecule has 0 aromatic carbocycles. The van der Waals surface area contributed by atoms with Gasteiger partial charge in [-0.3, -0.25) is 0 Å². The minimum Gasteiger partial charge on any atom is -0.476 e. The van der Waals surface area contributed by atoms with E-state index in [4.69, 9.17) is 4.74 Å². The highest BCUT2D eigenvalue weighted by Crippen LogP contribution is 2.16. The molecule has 1 heterocycles. The predicted molar refractivity (Wildman–Crippen MR) is 36.4 cm³/mol. The first-order valence-electron chi connectivity index (χ1n) is 2.57. The summed E-state index contributed by atoms with van der Waals surface area (Å²) in [5.74, 6) is 1.07. The van der Waals surface area contributed by atoms with Crippen LogP contribution < -0.4 is 0 Å². The normalized spacial score (nSPS) is 27.8. The zero-order valence-corrected chi connectivity index (χ0v) is 5.86. The Morgan fingerprint density at radius 1 is 1.88 bits per heavy atom. The maximum Gasteiger partial charge on any atom is 0.245 e. The van der Waals surface area contributed by atoms with Crippen LogP contribution in [-0.4, -0.2) is 24.1 Å². The van der Waals surface area contributed by atoms with Crippen molar-refractivity contribution in [2.24, 2.45) is 4.99 Å². The second-order valence-corrected chi connectivity index (χ2v) is 2.73. The van der Waals surface area contributed by atoms with Crippen LogP contribution in [0.2, 0.25) is 0 Å². The molecule has 0 saturated heterocycles. The molecule has 0 N–H and O–H groups in total. The lowest BCUT2D eigenvalue weighted by Gasteiger charge is -1.90. The fourth-order valence-corrected chi connectivity index (χ4v) is 1.39. The number of hydrogen-bond donors (Lipinski definition) is 0. The van der Waals surface area contributed by atoms with Crippen molar-refractivity contribution in [1.29, 1.82) is 0 Å². The second-order valence-electron chi connectivity index (χ2n) is 1.76. The van der Waals surface area contributed by atoms with Crippen LogP contribution >= 0.6 is 11.8 Å². The summed E-state index contributed by atoms with van der Waals surface area (Å²) in [5.41, 5.74) is 0. The number of rotatable bonds is 0. The Balaban J connectivity index is 2.44. The van der Waals surface area contributed by atoms with E-state index in [9.17, 15) is 0 Å². The molecule has 1 unspecified atom stereocenters. The largest absolute Gasteiger partial charge is 0.476 e. The van der Waals surface area contributed by atoms with Gasteiger partial charge in [0.05, 0.1) is 13.2 Å². The summed E-state index contributed by atoms with van der Waals surface area (Å²) >= 11 is 1.68. The number of methoxy groups -OCH3 is 1. The molecule has 0 aromatic heterocycles. The molecule has 0 fully saturated rings. The highest BCUT2D eigenvalue weighted by atomic mass is 32.2. The molecule has 0 amide bonds. The highest BCUT2D eigenvalue weighted by molar-refractivity contribution is 8.13. The lowest BCUT2D eigenvalue weighted by molar-refractivity contribution is 0.414. The van der Waals surface area contributed by atoms with Gasteiger partial charge in [0.2, 0.25) is 5.23 Å². The highest BCUT2D eigenvalue weighted by Gasteiger charge is 2.12. The average Bonchev–Trinajstić information content (AvgIpc) is 2.14. The van der Waals surface area contributed by atoms with Crippen molar-refractivity contribution in [3.8, 4) is 0 Å². The van der Waals surface area contributed by atoms with Crippen LogP contribution in [0.3, 0.4) is 0 Å². The van der Waals surface area contributed by atoms with Gasteiger partial charge in [0.1, 0.15) is 0 Å². The first-order valence-corrected chi connectivity index (χ1v) is 3.56. The molecule has 1 aliphatic rings. The Bertz CT molecular complexity index is 113. The topological polar surface area (TPSA) is 21.6 Å². The predicted octanol–water partition coefficient (Wildman–Crippen LogP) is 1.12. The van der Waals surface area contributed by atoms with Crippen LogP contribution in [0.25, 0.3) is 0 Å². The lowest BCUT2D eigenvalue weighted by Crippen LogP contribution is -1.93. The lowest BCUT2D eigenvalue weighted by atomic mass is 10.4. The summed E-state index contributed by atoms with van der Waals surface area (Å²) < 4.78 is 4.89. The fourth-order valence-electron chi connectivity index (χ4n) is 0.558. The Morgan fingerprint density at radius 2 is 2.62 bits per heavy atom. The first-order chi connectivity index (χ1) is 3.83. The molecule has 1 atom stereocenters. The molecule has 0 bridgehead atoms. The van der Waals surface area contributed by atoms with Crippen LogP contribution in [0, 0.1) is 0 Å². The van der Waals surface area contributed by atoms with E-state index in [1.165, 1.54) is 0 Å². The number of ether oxygens (including phenoxy) is 1. The molecule has 8 heavy (non-hydrogen) atoms. The van der Waals surface area contributed by atoms with Crippen LogP contribution in [0.4, 0.5) is 0 Å². The molecule has 0 aromatic rings. The quantitative estimate of drug-likeness (QED) is 0.491. The minimum absolute atomic E-state index is 0.454. The standard InChI is InChI=1S/C5H9NOS/c1-4-3-8-5(6-4)7-2/h4H,3H2,1-2H3. The molecule has 2 nitrogen and oxygen atoms in total. The summed E-state index contributed by atoms with van der Waals surface area (Å²) in [4.78, 5) is 4.16. The summed E-state index contributed by atoms with van der Waals surface area (Å²) in [6.07, 6.45) is 0. The summed E-state index contributed by atoms with van der Waals surface area (Å²) in [6, 6.07) is 0.454. The van der Waals surface area contributed by atoms with E-state index in [-0.39, 0.29) is 0 Å². The van der Waals surface area contributed by atoms with Gasteiger partial charge in [-0.2, -0.15) is 0 Å².